The summed E-state index contributed by atoms with van der Waals surface area (Å²) in [5, 5.41) is 3.81. The number of hydrogen-bond donors (Lipinski definition) is 0. The number of carbonyl (C=O) groups excluding carboxylic acids is 1. The third-order valence-electron chi connectivity index (χ3n) is 4.19. The maximum Gasteiger partial charge on any atom is 0.259 e. The van der Waals surface area contributed by atoms with Crippen LogP contribution in [-0.2, 0) is 6.54 Å². The molecule has 1 aromatic heterocycles. The van der Waals surface area contributed by atoms with Crippen molar-refractivity contribution < 1.29 is 18.8 Å². The molecule has 1 amide bonds. The molecule has 0 unspecified atom stereocenters. The van der Waals surface area contributed by atoms with Gasteiger partial charge in [0, 0.05) is 12.6 Å². The molecule has 1 aliphatic heterocycles. The average Bonchev–Trinajstić information content (AvgIpc) is 3.32. The van der Waals surface area contributed by atoms with Gasteiger partial charge in [0.1, 0.15) is 25.0 Å². The predicted octanol–water partition coefficient (Wildman–Crippen LogP) is 2.56. The molecule has 1 fully saturated rings. The highest BCUT2D eigenvalue weighted by atomic mass is 16.6. The highest BCUT2D eigenvalue weighted by Gasteiger charge is 2.34. The van der Waals surface area contributed by atoms with E-state index >= 15 is 0 Å². The number of benzene rings is 1. The molecule has 0 spiro atoms. The van der Waals surface area contributed by atoms with E-state index in [1.54, 1.807) is 6.92 Å². The van der Waals surface area contributed by atoms with Crippen LogP contribution in [0.25, 0.3) is 0 Å². The van der Waals surface area contributed by atoms with Crippen molar-refractivity contribution in [2.24, 2.45) is 0 Å². The first-order chi connectivity index (χ1) is 11.2. The number of aromatic nitrogens is 1. The van der Waals surface area contributed by atoms with E-state index in [1.165, 1.54) is 6.26 Å². The second kappa shape index (κ2) is 5.61. The van der Waals surface area contributed by atoms with E-state index in [4.69, 9.17) is 14.0 Å². The Morgan fingerprint density at radius 2 is 2.04 bits per heavy atom. The summed E-state index contributed by atoms with van der Waals surface area (Å²) in [5.74, 6) is 1.48. The Kier molecular flexibility index (Phi) is 3.44. The van der Waals surface area contributed by atoms with Crippen molar-refractivity contribution in [3.63, 3.8) is 0 Å². The maximum absolute atomic E-state index is 12.8. The first kappa shape index (κ1) is 14.1. The summed E-state index contributed by atoms with van der Waals surface area (Å²) in [5.41, 5.74) is 2.20. The Morgan fingerprint density at radius 3 is 2.74 bits per heavy atom. The van der Waals surface area contributed by atoms with E-state index in [0.717, 1.165) is 29.9 Å². The minimum absolute atomic E-state index is 0.0267. The van der Waals surface area contributed by atoms with E-state index in [2.05, 4.69) is 5.16 Å². The number of hydrogen-bond acceptors (Lipinski definition) is 5. The van der Waals surface area contributed by atoms with Crippen LogP contribution < -0.4 is 9.47 Å². The van der Waals surface area contributed by atoms with Gasteiger partial charge in [0.2, 0.25) is 0 Å². The van der Waals surface area contributed by atoms with Gasteiger partial charge in [0.15, 0.2) is 11.5 Å². The number of ether oxygens (including phenoxy) is 2. The first-order valence-corrected chi connectivity index (χ1v) is 7.83. The van der Waals surface area contributed by atoms with Crippen LogP contribution in [0.4, 0.5) is 0 Å². The quantitative estimate of drug-likeness (QED) is 0.868. The van der Waals surface area contributed by atoms with Crippen molar-refractivity contribution in [1.82, 2.24) is 10.1 Å². The minimum atomic E-state index is -0.0267. The van der Waals surface area contributed by atoms with Crippen molar-refractivity contribution in [3.8, 4) is 11.5 Å². The average molecular weight is 314 g/mol. The Labute approximate surface area is 134 Å². The lowest BCUT2D eigenvalue weighted by Gasteiger charge is -2.24. The van der Waals surface area contributed by atoms with Crippen LogP contribution >= 0.6 is 0 Å². The van der Waals surface area contributed by atoms with Crippen LogP contribution in [0.1, 0.15) is 34.5 Å². The normalized spacial score (nSPS) is 16.2. The molecule has 0 atom stereocenters. The lowest BCUT2D eigenvalue weighted by atomic mass is 10.1. The standard InChI is InChI=1S/C17H18N2O4/c1-11-14(10-23-18-11)17(20)19(13-3-4-13)9-12-2-5-15-16(8-12)22-7-6-21-15/h2,5,8,10,13H,3-4,6-7,9H2,1H3. The van der Waals surface area contributed by atoms with Gasteiger partial charge in [0.25, 0.3) is 5.91 Å². The largest absolute Gasteiger partial charge is 0.486 e. The molecule has 1 aromatic carbocycles. The Morgan fingerprint density at radius 1 is 1.26 bits per heavy atom. The van der Waals surface area contributed by atoms with Gasteiger partial charge < -0.3 is 18.9 Å². The summed E-state index contributed by atoms with van der Waals surface area (Å²) in [7, 11) is 0. The summed E-state index contributed by atoms with van der Waals surface area (Å²) in [6.07, 6.45) is 3.51. The fraction of sp³-hybridized carbons (Fsp3) is 0.412. The molecule has 0 radical (unpaired) electrons. The third kappa shape index (κ3) is 2.76. The highest BCUT2D eigenvalue weighted by molar-refractivity contribution is 5.95. The van der Waals surface area contributed by atoms with Crippen molar-refractivity contribution in [3.05, 3.63) is 41.3 Å². The van der Waals surface area contributed by atoms with Gasteiger partial charge in [-0.1, -0.05) is 11.2 Å². The van der Waals surface area contributed by atoms with Crippen LogP contribution in [-0.4, -0.2) is 35.2 Å². The zero-order valence-corrected chi connectivity index (χ0v) is 12.9. The SMILES string of the molecule is Cc1nocc1C(=O)N(Cc1ccc2c(c1)OCCO2)C1CC1. The van der Waals surface area contributed by atoms with Gasteiger partial charge >= 0.3 is 0 Å². The van der Waals surface area contributed by atoms with Gasteiger partial charge in [0.05, 0.1) is 5.69 Å². The molecule has 0 bridgehead atoms. The second-order valence-corrected chi connectivity index (χ2v) is 5.96. The van der Waals surface area contributed by atoms with Gasteiger partial charge in [-0.05, 0) is 37.5 Å². The Hall–Kier alpha value is -2.50. The number of nitrogens with zero attached hydrogens (tertiary/aromatic N) is 2. The van der Waals surface area contributed by atoms with Crippen LogP contribution in [0.2, 0.25) is 0 Å². The summed E-state index contributed by atoms with van der Waals surface area (Å²) >= 11 is 0. The molecule has 120 valence electrons. The van der Waals surface area contributed by atoms with E-state index in [0.29, 0.717) is 37.1 Å². The summed E-state index contributed by atoms with van der Waals surface area (Å²) < 4.78 is 16.1. The number of aryl methyl sites for hydroxylation is 1. The molecule has 2 aromatic rings. The number of fused-ring (bicyclic) bond motifs is 1. The monoisotopic (exact) mass is 314 g/mol. The van der Waals surface area contributed by atoms with Crippen molar-refractivity contribution in [2.75, 3.05) is 13.2 Å². The fourth-order valence-corrected chi connectivity index (χ4v) is 2.79. The molecule has 23 heavy (non-hydrogen) atoms. The molecule has 2 aliphatic rings. The van der Waals surface area contributed by atoms with E-state index in [-0.39, 0.29) is 5.91 Å². The molecule has 0 N–H and O–H groups in total. The first-order valence-electron chi connectivity index (χ1n) is 7.83. The third-order valence-corrected chi connectivity index (χ3v) is 4.19. The van der Waals surface area contributed by atoms with Gasteiger partial charge in [-0.15, -0.1) is 0 Å². The van der Waals surface area contributed by atoms with E-state index in [9.17, 15) is 4.79 Å². The Bertz CT molecular complexity index is 736. The van der Waals surface area contributed by atoms with Crippen LogP contribution in [0.15, 0.2) is 29.0 Å². The predicted molar refractivity (Wildman–Crippen MR) is 81.6 cm³/mol. The molecule has 1 aliphatic carbocycles. The van der Waals surface area contributed by atoms with Crippen molar-refractivity contribution in [1.29, 1.82) is 0 Å². The second-order valence-electron chi connectivity index (χ2n) is 5.96. The summed E-state index contributed by atoms with van der Waals surface area (Å²) in [4.78, 5) is 14.7. The van der Waals surface area contributed by atoms with Crippen LogP contribution in [0.3, 0.4) is 0 Å². The number of amides is 1. The number of rotatable bonds is 4. The molecule has 0 saturated heterocycles. The molecule has 6 nitrogen and oxygen atoms in total. The zero-order chi connectivity index (χ0) is 15.8. The molecule has 6 heteroatoms. The number of carbonyl (C=O) groups is 1. The molecule has 2 heterocycles. The van der Waals surface area contributed by atoms with E-state index < -0.39 is 0 Å². The van der Waals surface area contributed by atoms with E-state index in [1.807, 2.05) is 23.1 Å². The van der Waals surface area contributed by atoms with Gasteiger partial charge in [-0.2, -0.15) is 0 Å². The highest BCUT2D eigenvalue weighted by Crippen LogP contribution is 2.34. The summed E-state index contributed by atoms with van der Waals surface area (Å²) in [6.45, 7) is 3.46. The van der Waals surface area contributed by atoms with Crippen LogP contribution in [0.5, 0.6) is 11.5 Å². The smallest absolute Gasteiger partial charge is 0.259 e. The van der Waals surface area contributed by atoms with Crippen LogP contribution in [0, 0.1) is 6.92 Å². The minimum Gasteiger partial charge on any atom is -0.486 e. The lowest BCUT2D eigenvalue weighted by Crippen LogP contribution is -2.32. The maximum atomic E-state index is 12.8. The van der Waals surface area contributed by atoms with Gasteiger partial charge in [-0.3, -0.25) is 4.79 Å². The molecule has 1 saturated carbocycles. The molecule has 4 rings (SSSR count). The lowest BCUT2D eigenvalue weighted by molar-refractivity contribution is 0.0728. The molecular weight excluding hydrogens is 296 g/mol. The van der Waals surface area contributed by atoms with Crippen molar-refractivity contribution in [2.45, 2.75) is 32.4 Å². The van der Waals surface area contributed by atoms with Crippen molar-refractivity contribution >= 4 is 5.91 Å². The molecular formula is C17H18N2O4. The fourth-order valence-electron chi connectivity index (χ4n) is 2.79. The Balaban J connectivity index is 1.57. The zero-order valence-electron chi connectivity index (χ0n) is 12.9. The summed E-state index contributed by atoms with van der Waals surface area (Å²) in [6, 6.07) is 6.14. The van der Waals surface area contributed by atoms with Gasteiger partial charge in [-0.25, -0.2) is 0 Å². The topological polar surface area (TPSA) is 64.8 Å².